The van der Waals surface area contributed by atoms with Gasteiger partial charge in [0.1, 0.15) is 73.2 Å². The van der Waals surface area contributed by atoms with Crippen LogP contribution < -0.4 is 5.32 Å². The molecule has 0 aromatic rings. The van der Waals surface area contributed by atoms with Gasteiger partial charge in [0.15, 0.2) is 18.9 Å². The average Bonchev–Trinajstić information content (AvgIpc) is 2.57. The van der Waals surface area contributed by atoms with Crippen molar-refractivity contribution in [3.8, 4) is 0 Å². The molecule has 3 fully saturated rings. The topological polar surface area (TPSA) is 307 Å². The van der Waals surface area contributed by atoms with E-state index in [1.165, 1.54) is 173 Å². The molecular formula is C69H127NO18. The number of aliphatic hydroxyl groups is 11. The lowest BCUT2D eigenvalue weighted by Crippen LogP contribution is -2.66. The molecule has 3 aliphatic heterocycles. The van der Waals surface area contributed by atoms with Crippen LogP contribution in [-0.2, 0) is 33.2 Å². The van der Waals surface area contributed by atoms with Gasteiger partial charge in [-0.3, -0.25) is 4.79 Å². The predicted octanol–water partition coefficient (Wildman–Crippen LogP) is 9.22. The van der Waals surface area contributed by atoms with E-state index in [2.05, 4.69) is 55.6 Å². The van der Waals surface area contributed by atoms with Gasteiger partial charge in [-0.15, -0.1) is 0 Å². The van der Waals surface area contributed by atoms with Crippen molar-refractivity contribution < 1.29 is 89.4 Å². The van der Waals surface area contributed by atoms with E-state index in [0.717, 1.165) is 57.8 Å². The number of carbonyl (C=O) groups excluding carboxylic acids is 1. The second kappa shape index (κ2) is 51.4. The number of nitrogens with one attached hydrogen (secondary N) is 1. The first-order valence-corrected chi connectivity index (χ1v) is 35.2. The van der Waals surface area contributed by atoms with Gasteiger partial charge in [0.2, 0.25) is 5.91 Å². The molecule has 17 atom stereocenters. The fraction of sp³-hybridized carbons (Fsp3) is 0.899. The van der Waals surface area contributed by atoms with Crippen molar-refractivity contribution in [2.75, 3.05) is 26.4 Å². The van der Waals surface area contributed by atoms with Gasteiger partial charge < -0.3 is 89.9 Å². The molecule has 0 aliphatic carbocycles. The standard InChI is InChI=1S/C69H127NO18/c1-3-5-7-9-11-13-15-17-19-20-21-22-23-24-25-26-27-28-29-30-31-32-33-35-37-39-41-43-45-47-57(75)70-52(53(74)46-44-42-40-38-36-34-18-16-14-12-10-8-6-4-2)51-83-67-63(81)60(78)65(55(49-72)85-67)88-69-64(82)61(79)66(56(50-73)86-69)87-68-62(80)59(77)58(76)54(48-71)84-68/h15,17,20-21,23-24,52-56,58-69,71-74,76-82H,3-14,16,18-19,22,25-51H2,1-2H3,(H,70,75)/b17-15-,21-20-,24-23-. The van der Waals surface area contributed by atoms with Crippen molar-refractivity contribution in [2.45, 2.75) is 369 Å². The second-order valence-corrected chi connectivity index (χ2v) is 25.3. The van der Waals surface area contributed by atoms with Crippen LogP contribution in [0, 0.1) is 0 Å². The molecule has 516 valence electrons. The number of rotatable bonds is 54. The second-order valence-electron chi connectivity index (χ2n) is 25.3. The minimum atomic E-state index is -1.97. The SMILES string of the molecule is CCCCCCC/C=C\C/C=C\C/C=C\CCCCCCCCCCCCCCCCC(=O)NC(COC1OC(CO)C(OC2OC(CO)C(OC3OC(CO)C(O)C(O)C3O)C(O)C2O)C(O)C1O)C(O)CCCCCCCCCCCCCCCC. The van der Waals surface area contributed by atoms with Crippen LogP contribution in [0.5, 0.6) is 0 Å². The molecule has 1 amide bonds. The molecule has 0 bridgehead atoms. The Labute approximate surface area is 530 Å². The molecular weight excluding hydrogens is 1130 g/mol. The highest BCUT2D eigenvalue weighted by molar-refractivity contribution is 5.76. The van der Waals surface area contributed by atoms with Crippen molar-refractivity contribution in [2.24, 2.45) is 0 Å². The van der Waals surface area contributed by atoms with Gasteiger partial charge in [0.25, 0.3) is 0 Å². The number of unbranched alkanes of at least 4 members (excludes halogenated alkanes) is 32. The minimum absolute atomic E-state index is 0.242. The first kappa shape index (κ1) is 80.2. The number of carbonyl (C=O) groups is 1. The molecule has 88 heavy (non-hydrogen) atoms. The Hall–Kier alpha value is -1.99. The van der Waals surface area contributed by atoms with E-state index in [1.54, 1.807) is 0 Å². The molecule has 0 saturated carbocycles. The van der Waals surface area contributed by atoms with Gasteiger partial charge >= 0.3 is 0 Å². The average molecular weight is 1260 g/mol. The molecule has 17 unspecified atom stereocenters. The van der Waals surface area contributed by atoms with Crippen LogP contribution >= 0.6 is 0 Å². The van der Waals surface area contributed by atoms with Crippen molar-refractivity contribution >= 4 is 5.91 Å². The van der Waals surface area contributed by atoms with Crippen molar-refractivity contribution in [1.29, 1.82) is 0 Å². The lowest BCUT2D eigenvalue weighted by molar-refractivity contribution is -0.379. The number of ether oxygens (including phenoxy) is 6. The van der Waals surface area contributed by atoms with Crippen LogP contribution in [-0.4, -0.2) is 193 Å². The largest absolute Gasteiger partial charge is 0.394 e. The summed E-state index contributed by atoms with van der Waals surface area (Å²) >= 11 is 0. The number of hydrogen-bond donors (Lipinski definition) is 12. The summed E-state index contributed by atoms with van der Waals surface area (Å²) in [4.78, 5) is 13.4. The molecule has 19 heteroatoms. The molecule has 0 aromatic heterocycles. The molecule has 3 aliphatic rings. The Morgan fingerprint density at radius 2 is 0.750 bits per heavy atom. The summed E-state index contributed by atoms with van der Waals surface area (Å²) in [6, 6.07) is -0.887. The molecule has 3 rings (SSSR count). The highest BCUT2D eigenvalue weighted by Gasteiger charge is 2.53. The highest BCUT2D eigenvalue weighted by Crippen LogP contribution is 2.33. The number of hydrogen-bond acceptors (Lipinski definition) is 18. The first-order chi connectivity index (χ1) is 42.8. The van der Waals surface area contributed by atoms with Gasteiger partial charge in [0.05, 0.1) is 38.6 Å². The van der Waals surface area contributed by atoms with Gasteiger partial charge in [-0.25, -0.2) is 0 Å². The number of amides is 1. The van der Waals surface area contributed by atoms with Crippen LogP contribution in [0.2, 0.25) is 0 Å². The monoisotopic (exact) mass is 1260 g/mol. The Morgan fingerprint density at radius 1 is 0.409 bits per heavy atom. The van der Waals surface area contributed by atoms with E-state index in [1.807, 2.05) is 0 Å². The zero-order valence-electron chi connectivity index (χ0n) is 54.5. The van der Waals surface area contributed by atoms with Crippen molar-refractivity contribution in [3.63, 3.8) is 0 Å². The molecule has 0 spiro atoms. The third-order valence-corrected chi connectivity index (χ3v) is 17.7. The van der Waals surface area contributed by atoms with Crippen LogP contribution in [0.4, 0.5) is 0 Å². The summed E-state index contributed by atoms with van der Waals surface area (Å²) in [7, 11) is 0. The van der Waals surface area contributed by atoms with Crippen molar-refractivity contribution in [3.05, 3.63) is 36.5 Å². The summed E-state index contributed by atoms with van der Waals surface area (Å²) in [5, 5.41) is 121. The number of allylic oxidation sites excluding steroid dienone is 6. The normalized spacial score (nSPS) is 28.6. The third-order valence-electron chi connectivity index (χ3n) is 17.7. The van der Waals surface area contributed by atoms with Crippen LogP contribution in [0.15, 0.2) is 36.5 Å². The van der Waals surface area contributed by atoms with E-state index in [0.29, 0.717) is 12.8 Å². The van der Waals surface area contributed by atoms with E-state index < -0.39 is 124 Å². The summed E-state index contributed by atoms with van der Waals surface area (Å²) in [6.07, 6.45) is 32.3. The highest BCUT2D eigenvalue weighted by atomic mass is 16.8. The van der Waals surface area contributed by atoms with E-state index in [-0.39, 0.29) is 18.9 Å². The molecule has 0 radical (unpaired) electrons. The van der Waals surface area contributed by atoms with Gasteiger partial charge in [-0.1, -0.05) is 243 Å². The van der Waals surface area contributed by atoms with E-state index in [4.69, 9.17) is 28.4 Å². The summed E-state index contributed by atoms with van der Waals surface area (Å²) in [6.45, 7) is 1.80. The molecule has 0 aromatic carbocycles. The summed E-state index contributed by atoms with van der Waals surface area (Å²) < 4.78 is 34.4. The van der Waals surface area contributed by atoms with Gasteiger partial charge in [-0.2, -0.15) is 0 Å². The van der Waals surface area contributed by atoms with Crippen LogP contribution in [0.1, 0.15) is 264 Å². The maximum absolute atomic E-state index is 13.4. The molecule has 19 nitrogen and oxygen atoms in total. The first-order valence-electron chi connectivity index (χ1n) is 35.2. The fourth-order valence-electron chi connectivity index (χ4n) is 12.0. The summed E-state index contributed by atoms with van der Waals surface area (Å²) in [5.74, 6) is -0.242. The maximum atomic E-state index is 13.4. The molecule has 3 saturated heterocycles. The van der Waals surface area contributed by atoms with E-state index in [9.17, 15) is 61.0 Å². The third kappa shape index (κ3) is 33.2. The molecule has 3 heterocycles. The van der Waals surface area contributed by atoms with Gasteiger partial charge in [0, 0.05) is 6.42 Å². The zero-order valence-corrected chi connectivity index (χ0v) is 54.5. The Bertz CT molecular complexity index is 1740. The quantitative estimate of drug-likeness (QED) is 0.0199. The zero-order chi connectivity index (χ0) is 64.0. The Kier molecular flexibility index (Phi) is 46.9. The Morgan fingerprint density at radius 3 is 1.17 bits per heavy atom. The maximum Gasteiger partial charge on any atom is 0.220 e. The number of aliphatic hydroxyl groups excluding tert-OH is 11. The predicted molar refractivity (Wildman–Crippen MR) is 342 cm³/mol. The smallest absolute Gasteiger partial charge is 0.220 e. The van der Waals surface area contributed by atoms with Crippen LogP contribution in [0.3, 0.4) is 0 Å². The van der Waals surface area contributed by atoms with E-state index >= 15 is 0 Å². The minimum Gasteiger partial charge on any atom is -0.394 e. The van der Waals surface area contributed by atoms with Crippen LogP contribution in [0.25, 0.3) is 0 Å². The fourth-order valence-corrected chi connectivity index (χ4v) is 12.0. The lowest BCUT2D eigenvalue weighted by Gasteiger charge is -2.48. The lowest BCUT2D eigenvalue weighted by atomic mass is 9.96. The summed E-state index contributed by atoms with van der Waals surface area (Å²) in [5.41, 5.74) is 0. The van der Waals surface area contributed by atoms with Crippen molar-refractivity contribution in [1.82, 2.24) is 5.32 Å². The Balaban J connectivity index is 1.39. The van der Waals surface area contributed by atoms with Gasteiger partial charge in [-0.05, 0) is 51.4 Å². The molecule has 12 N–H and O–H groups in total.